The average molecular weight is 656 g/mol. The maximum Gasteiger partial charge on any atom is 0.135 e. The minimum absolute atomic E-state index is 0.0945. The molecule has 2 heterocycles. The highest BCUT2D eigenvalue weighted by atomic mass is 16.3. The van der Waals surface area contributed by atoms with Gasteiger partial charge in [-0.25, -0.2) is 0 Å². The Kier molecular flexibility index (Phi) is 5.92. The quantitative estimate of drug-likeness (QED) is 0.186. The predicted octanol–water partition coefficient (Wildman–Crippen LogP) is 13.1. The van der Waals surface area contributed by atoms with Gasteiger partial charge in [0.1, 0.15) is 11.2 Å². The predicted molar refractivity (Wildman–Crippen MR) is 212 cm³/mol. The first-order chi connectivity index (χ1) is 25.0. The van der Waals surface area contributed by atoms with Gasteiger partial charge in [0, 0.05) is 33.6 Å². The fraction of sp³-hybridized carbons (Fsp3) is 0.163. The highest BCUT2D eigenvalue weighted by molar-refractivity contribution is 6.13. The minimum atomic E-state index is -0.156. The van der Waals surface area contributed by atoms with E-state index in [1.807, 2.05) is 0 Å². The van der Waals surface area contributed by atoms with E-state index in [-0.39, 0.29) is 23.2 Å². The van der Waals surface area contributed by atoms with E-state index in [0.29, 0.717) is 0 Å². The average Bonchev–Trinajstić information content (AvgIpc) is 3.78. The largest absolute Gasteiger partial charge is 0.456 e. The molecule has 1 aromatic heterocycles. The number of aliphatic imine (C=N–C) groups is 1. The van der Waals surface area contributed by atoms with Crippen molar-refractivity contribution in [3.63, 3.8) is 0 Å². The maximum atomic E-state index is 6.61. The Labute approximate surface area is 298 Å². The van der Waals surface area contributed by atoms with E-state index in [1.165, 1.54) is 82.9 Å². The Morgan fingerprint density at radius 2 is 1.33 bits per heavy atom. The molecule has 2 nitrogen and oxygen atoms in total. The van der Waals surface area contributed by atoms with Crippen LogP contribution in [0.5, 0.6) is 0 Å². The highest BCUT2D eigenvalue weighted by Gasteiger charge is 2.47. The maximum absolute atomic E-state index is 6.61. The molecule has 0 amide bonds. The number of benzene rings is 7. The first-order valence-electron chi connectivity index (χ1n) is 18.4. The number of nitrogens with zero attached hydrogens (tertiary/aromatic N) is 1. The van der Waals surface area contributed by atoms with Gasteiger partial charge in [0.15, 0.2) is 0 Å². The molecule has 0 N–H and O–H groups in total. The van der Waals surface area contributed by atoms with Crippen molar-refractivity contribution >= 4 is 44.1 Å². The molecule has 0 saturated carbocycles. The molecular formula is C49H37NO. The second kappa shape index (κ2) is 10.4. The van der Waals surface area contributed by atoms with Gasteiger partial charge in [-0.05, 0) is 97.4 Å². The summed E-state index contributed by atoms with van der Waals surface area (Å²) < 4.78 is 6.61. The van der Waals surface area contributed by atoms with E-state index in [9.17, 15) is 0 Å². The molecule has 0 saturated heterocycles. The summed E-state index contributed by atoms with van der Waals surface area (Å²) in [5.41, 5.74) is 17.6. The lowest BCUT2D eigenvalue weighted by Gasteiger charge is -2.39. The number of para-hydroxylation sites is 2. The summed E-state index contributed by atoms with van der Waals surface area (Å²) in [6.45, 7) is 7.16. The van der Waals surface area contributed by atoms with Crippen LogP contribution in [0.25, 0.3) is 55.0 Å². The molecule has 0 spiro atoms. The molecule has 51 heavy (non-hydrogen) atoms. The molecule has 0 radical (unpaired) electrons. The summed E-state index contributed by atoms with van der Waals surface area (Å²) in [5.74, 6) is 0.481. The zero-order chi connectivity index (χ0) is 34.0. The molecule has 3 atom stereocenters. The molecule has 0 bridgehead atoms. The van der Waals surface area contributed by atoms with Crippen LogP contribution in [0.15, 0.2) is 149 Å². The molecule has 0 fully saturated rings. The van der Waals surface area contributed by atoms with Crippen LogP contribution in [0.3, 0.4) is 0 Å². The standard InChI is InChI=1S/C49H37NO/c1-4-29-32-17-8-11-22-41(32)50-48(36-20-13-19-34-31-16-7-10-21-40(31)49(2,3)47(34)36)46(29)45-35-25-24-28-14-5-6-15-30(28)44(35)38-26-37-33-18-9-12-23-42(33)51-43(37)27-39(38)45/h5-27,29,45-46H,4H2,1-3H3. The highest BCUT2D eigenvalue weighted by Crippen LogP contribution is 2.59. The van der Waals surface area contributed by atoms with Crippen LogP contribution in [0, 0.1) is 5.92 Å². The van der Waals surface area contributed by atoms with Crippen LogP contribution in [0.4, 0.5) is 5.69 Å². The Morgan fingerprint density at radius 1 is 0.588 bits per heavy atom. The molecule has 2 heteroatoms. The van der Waals surface area contributed by atoms with E-state index >= 15 is 0 Å². The summed E-state index contributed by atoms with van der Waals surface area (Å²) in [7, 11) is 0. The Bertz CT molecular complexity index is 2790. The summed E-state index contributed by atoms with van der Waals surface area (Å²) in [6, 6.07) is 51.7. The van der Waals surface area contributed by atoms with Crippen molar-refractivity contribution in [2.45, 2.75) is 44.4 Å². The lowest BCUT2D eigenvalue weighted by Crippen LogP contribution is -2.33. The van der Waals surface area contributed by atoms with E-state index in [1.54, 1.807) is 0 Å². The lowest BCUT2D eigenvalue weighted by molar-refractivity contribution is 0.472. The molecule has 7 aromatic carbocycles. The number of hydrogen-bond acceptors (Lipinski definition) is 2. The third kappa shape index (κ3) is 3.85. The third-order valence-electron chi connectivity index (χ3n) is 12.4. The monoisotopic (exact) mass is 655 g/mol. The van der Waals surface area contributed by atoms with Gasteiger partial charge in [0.05, 0.1) is 11.4 Å². The van der Waals surface area contributed by atoms with Gasteiger partial charge in [-0.3, -0.25) is 4.99 Å². The lowest BCUT2D eigenvalue weighted by atomic mass is 9.66. The second-order valence-corrected chi connectivity index (χ2v) is 15.3. The van der Waals surface area contributed by atoms with Crippen LogP contribution in [0.1, 0.15) is 72.4 Å². The van der Waals surface area contributed by atoms with Gasteiger partial charge in [0.2, 0.25) is 0 Å². The summed E-state index contributed by atoms with van der Waals surface area (Å²) >= 11 is 0. The molecule has 11 rings (SSSR count). The van der Waals surface area contributed by atoms with Crippen LogP contribution in [-0.4, -0.2) is 5.71 Å². The van der Waals surface area contributed by atoms with Crippen molar-refractivity contribution in [2.24, 2.45) is 10.9 Å². The Balaban J connectivity index is 1.23. The Hall–Kier alpha value is -5.73. The fourth-order valence-electron chi connectivity index (χ4n) is 10.3. The fourth-order valence-corrected chi connectivity index (χ4v) is 10.3. The first-order valence-corrected chi connectivity index (χ1v) is 18.4. The van der Waals surface area contributed by atoms with Crippen molar-refractivity contribution in [3.05, 3.63) is 173 Å². The SMILES string of the molecule is CCC1c2ccccc2N=C(c2cccc3c2C(C)(C)c2ccccc2-3)C1C1c2cc3oc4ccccc4c3cc2-c2c1ccc1ccccc21. The van der Waals surface area contributed by atoms with E-state index in [2.05, 4.69) is 160 Å². The third-order valence-corrected chi connectivity index (χ3v) is 12.4. The van der Waals surface area contributed by atoms with Crippen molar-refractivity contribution in [1.29, 1.82) is 0 Å². The smallest absolute Gasteiger partial charge is 0.135 e. The van der Waals surface area contributed by atoms with E-state index in [4.69, 9.17) is 9.41 Å². The Morgan fingerprint density at radius 3 is 2.24 bits per heavy atom. The topological polar surface area (TPSA) is 25.5 Å². The van der Waals surface area contributed by atoms with Crippen LogP contribution >= 0.6 is 0 Å². The van der Waals surface area contributed by atoms with Gasteiger partial charge in [-0.15, -0.1) is 0 Å². The second-order valence-electron chi connectivity index (χ2n) is 15.3. The van der Waals surface area contributed by atoms with Crippen LogP contribution in [-0.2, 0) is 5.41 Å². The molecular weight excluding hydrogens is 619 g/mol. The molecule has 8 aromatic rings. The molecule has 244 valence electrons. The number of rotatable bonds is 3. The van der Waals surface area contributed by atoms with Crippen molar-refractivity contribution < 1.29 is 4.42 Å². The van der Waals surface area contributed by atoms with Crippen molar-refractivity contribution in [3.8, 4) is 22.3 Å². The van der Waals surface area contributed by atoms with Gasteiger partial charge in [-0.1, -0.05) is 136 Å². The zero-order valence-corrected chi connectivity index (χ0v) is 29.1. The van der Waals surface area contributed by atoms with E-state index < -0.39 is 0 Å². The first kappa shape index (κ1) is 29.0. The zero-order valence-electron chi connectivity index (χ0n) is 29.1. The van der Waals surface area contributed by atoms with Gasteiger partial charge in [-0.2, -0.15) is 0 Å². The summed E-state index contributed by atoms with van der Waals surface area (Å²) in [6.07, 6.45) is 1.01. The summed E-state index contributed by atoms with van der Waals surface area (Å²) in [4.78, 5) is 5.74. The normalized spacial score (nSPS) is 19.4. The molecule has 3 aliphatic rings. The molecule has 1 aliphatic heterocycles. The number of hydrogen-bond donors (Lipinski definition) is 0. The van der Waals surface area contributed by atoms with Gasteiger partial charge >= 0.3 is 0 Å². The number of fused-ring (bicyclic) bond motifs is 12. The van der Waals surface area contributed by atoms with Gasteiger partial charge < -0.3 is 4.42 Å². The molecule has 2 aliphatic carbocycles. The number of furan rings is 1. The van der Waals surface area contributed by atoms with Gasteiger partial charge in [0.25, 0.3) is 0 Å². The van der Waals surface area contributed by atoms with Crippen molar-refractivity contribution in [1.82, 2.24) is 0 Å². The molecule has 3 unspecified atom stereocenters. The summed E-state index contributed by atoms with van der Waals surface area (Å²) in [5, 5.41) is 4.93. The minimum Gasteiger partial charge on any atom is -0.456 e. The van der Waals surface area contributed by atoms with Crippen LogP contribution < -0.4 is 0 Å². The van der Waals surface area contributed by atoms with E-state index in [0.717, 1.165) is 23.3 Å². The van der Waals surface area contributed by atoms with Crippen LogP contribution in [0.2, 0.25) is 0 Å². The van der Waals surface area contributed by atoms with Crippen molar-refractivity contribution in [2.75, 3.05) is 0 Å².